The zero-order valence-electron chi connectivity index (χ0n) is 21.4. The summed E-state index contributed by atoms with van der Waals surface area (Å²) in [5.41, 5.74) is -7.36. The van der Waals surface area contributed by atoms with E-state index in [2.05, 4.69) is 0 Å². The number of benzene rings is 2. The molecule has 12 heteroatoms. The molecule has 12 nitrogen and oxygen atoms in total. The maximum Gasteiger partial charge on any atom is 0.175 e. The van der Waals surface area contributed by atoms with Crippen LogP contribution in [-0.4, -0.2) is 76.2 Å². The number of hydrogen-bond donors (Lipinski definition) is 8. The van der Waals surface area contributed by atoms with Gasteiger partial charge in [0.25, 0.3) is 0 Å². The Morgan fingerprint density at radius 2 is 0.952 bits per heavy atom. The van der Waals surface area contributed by atoms with Crippen LogP contribution in [0.5, 0.6) is 11.5 Å². The summed E-state index contributed by atoms with van der Waals surface area (Å²) in [6.07, 6.45) is -3.57. The lowest BCUT2D eigenvalue weighted by atomic mass is 9.46. The second-order valence-electron chi connectivity index (χ2n) is 12.0. The van der Waals surface area contributed by atoms with E-state index in [0.717, 1.165) is 12.1 Å². The molecule has 0 aromatic heterocycles. The number of hydrogen-bond acceptors (Lipinski definition) is 12. The van der Waals surface area contributed by atoms with Crippen LogP contribution >= 0.6 is 0 Å². The highest BCUT2D eigenvalue weighted by atomic mass is 16.3. The quantitative estimate of drug-likeness (QED) is 0.238. The number of phenolic OH excluding ortho intramolecular Hbond substituents is 2. The first-order valence-corrected chi connectivity index (χ1v) is 13.3. The van der Waals surface area contributed by atoms with E-state index in [1.54, 1.807) is 0 Å². The Labute approximate surface area is 235 Å². The molecule has 8 atom stereocenters. The van der Waals surface area contributed by atoms with Gasteiger partial charge in [-0.2, -0.15) is 0 Å². The average Bonchev–Trinajstić information content (AvgIpc) is 3.31. The molecule has 4 bridgehead atoms. The Bertz CT molecular complexity index is 1720. The van der Waals surface area contributed by atoms with Gasteiger partial charge in [0, 0.05) is 23.0 Å². The molecule has 0 heterocycles. The fourth-order valence-electron chi connectivity index (χ4n) is 9.53. The molecule has 0 aliphatic heterocycles. The van der Waals surface area contributed by atoms with Crippen molar-refractivity contribution in [2.24, 2.45) is 34.5 Å². The van der Waals surface area contributed by atoms with Crippen LogP contribution in [0.1, 0.15) is 43.0 Å². The number of ketones is 4. The Kier molecular flexibility index (Phi) is 4.43. The average molecular weight is 574 g/mol. The van der Waals surface area contributed by atoms with Gasteiger partial charge < -0.3 is 40.9 Å². The highest BCUT2D eigenvalue weighted by molar-refractivity contribution is 6.30. The topological polar surface area (TPSA) is 230 Å². The third-order valence-electron chi connectivity index (χ3n) is 10.6. The summed E-state index contributed by atoms with van der Waals surface area (Å²) >= 11 is 0. The van der Waals surface area contributed by atoms with Crippen LogP contribution in [0.15, 0.2) is 35.4 Å². The van der Waals surface area contributed by atoms with Crippen LogP contribution in [0.4, 0.5) is 0 Å². The van der Waals surface area contributed by atoms with Gasteiger partial charge in [-0.3, -0.25) is 19.2 Å². The molecule has 6 aliphatic rings. The van der Waals surface area contributed by atoms with Gasteiger partial charge in [0.1, 0.15) is 23.0 Å². The zero-order chi connectivity index (χ0) is 29.9. The highest BCUT2D eigenvalue weighted by Crippen LogP contribution is 2.80. The summed E-state index contributed by atoms with van der Waals surface area (Å²) in [6.45, 7) is -1.23. The van der Waals surface area contributed by atoms with Crippen molar-refractivity contribution in [3.8, 4) is 11.5 Å². The molecule has 2 aromatic rings. The van der Waals surface area contributed by atoms with Crippen LogP contribution in [0, 0.1) is 34.5 Å². The molecule has 8 N–H and O–H groups in total. The van der Waals surface area contributed by atoms with Crippen molar-refractivity contribution >= 4 is 34.7 Å². The second kappa shape index (κ2) is 7.34. The van der Waals surface area contributed by atoms with E-state index in [4.69, 9.17) is 0 Å². The molecule has 0 amide bonds. The zero-order valence-corrected chi connectivity index (χ0v) is 21.4. The summed E-state index contributed by atoms with van der Waals surface area (Å²) in [5.74, 6) is -13.6. The van der Waals surface area contributed by atoms with Gasteiger partial charge in [-0.1, -0.05) is 0 Å². The summed E-state index contributed by atoms with van der Waals surface area (Å²) in [6, 6.07) is 4.52. The normalized spacial score (nSPS) is 36.9. The summed E-state index contributed by atoms with van der Waals surface area (Å²) in [4.78, 5) is 58.0. The van der Waals surface area contributed by atoms with Crippen molar-refractivity contribution in [2.75, 3.05) is 0 Å². The maximum atomic E-state index is 14.6. The lowest BCUT2D eigenvalue weighted by Gasteiger charge is -2.53. The van der Waals surface area contributed by atoms with Crippen LogP contribution in [0.3, 0.4) is 0 Å². The molecule has 8 rings (SSSR count). The van der Waals surface area contributed by atoms with E-state index in [0.29, 0.717) is 0 Å². The highest BCUT2D eigenvalue weighted by Gasteiger charge is 2.89. The minimum absolute atomic E-state index is 0.0679. The Morgan fingerprint density at radius 3 is 1.29 bits per heavy atom. The SMILES string of the molecule is O=C1C2=C(O)c3c(O)cc(CO)cc3C(=O)[C@@]23[C@H]2[C@H](O)[C@@H]1[C@@]14C(=O)c5cc(CO)cc(O)c5C(O)=C1C(=O)[C@@H]3[C@@H](O)[C@@H]24. The van der Waals surface area contributed by atoms with Crippen molar-refractivity contribution in [2.45, 2.75) is 25.4 Å². The first kappa shape index (κ1) is 25.4. The Balaban J connectivity index is 1.52. The standard InChI is InChI=1S/C30H22O12/c31-5-7-1-9-13(11(33)3-7)21(35)17-25(39)20-23(37)15-16-24(38)19(29(15,17)27(9)41)26(40)18-22(36)14-10(28(42)30(16,18)20)2-8(6-32)4-12(14)34/h1-4,15-16,19-20,23-24,31-38H,5-6H2/t15-,16-,19+,20+,23+,24+,29+,30+/m1/s1. The predicted octanol–water partition coefficient (Wildman–Crippen LogP) is 0.0654. The molecule has 0 unspecified atom stereocenters. The Morgan fingerprint density at radius 1 is 0.595 bits per heavy atom. The van der Waals surface area contributed by atoms with Crippen molar-refractivity contribution in [1.82, 2.24) is 0 Å². The molecule has 4 saturated carbocycles. The lowest BCUT2D eigenvalue weighted by molar-refractivity contribution is -0.142. The number of Topliss-reactive ketones (excluding diaryl/α,β-unsaturated/α-hetero) is 4. The lowest BCUT2D eigenvalue weighted by Crippen LogP contribution is -2.65. The minimum Gasteiger partial charge on any atom is -0.507 e. The monoisotopic (exact) mass is 574 g/mol. The van der Waals surface area contributed by atoms with Crippen LogP contribution in [-0.2, 0) is 22.8 Å². The van der Waals surface area contributed by atoms with Crippen LogP contribution in [0.2, 0.25) is 0 Å². The fraction of sp³-hybridized carbons (Fsp3) is 0.333. The van der Waals surface area contributed by atoms with E-state index in [9.17, 15) is 60.0 Å². The Hall–Kier alpha value is -4.36. The van der Waals surface area contributed by atoms with Crippen molar-refractivity contribution in [3.63, 3.8) is 0 Å². The first-order chi connectivity index (χ1) is 19.9. The smallest absolute Gasteiger partial charge is 0.175 e. The number of allylic oxidation sites excluding steroid dienone is 2. The van der Waals surface area contributed by atoms with Gasteiger partial charge in [-0.25, -0.2) is 0 Å². The van der Waals surface area contributed by atoms with Gasteiger partial charge >= 0.3 is 0 Å². The number of aliphatic hydroxyl groups excluding tert-OH is 6. The van der Waals surface area contributed by atoms with E-state index < -0.39 is 128 Å². The molecule has 0 radical (unpaired) electrons. The van der Waals surface area contributed by atoms with E-state index in [1.165, 1.54) is 12.1 Å². The number of rotatable bonds is 2. The molecule has 0 saturated heterocycles. The molecule has 214 valence electrons. The molecule has 2 spiro atoms. The summed E-state index contributed by atoms with van der Waals surface area (Å²) < 4.78 is 0. The third-order valence-corrected chi connectivity index (χ3v) is 10.6. The van der Waals surface area contributed by atoms with Gasteiger partial charge in [0.05, 0.1) is 70.4 Å². The second-order valence-corrected chi connectivity index (χ2v) is 12.0. The van der Waals surface area contributed by atoms with Gasteiger partial charge in [-0.15, -0.1) is 0 Å². The van der Waals surface area contributed by atoms with E-state index in [-0.39, 0.29) is 22.3 Å². The number of aromatic hydroxyl groups is 2. The fourth-order valence-corrected chi connectivity index (χ4v) is 9.53. The number of phenols is 2. The molecule has 6 aliphatic carbocycles. The molecular weight excluding hydrogens is 552 g/mol. The van der Waals surface area contributed by atoms with Gasteiger partial charge in [0.15, 0.2) is 23.1 Å². The van der Waals surface area contributed by atoms with Gasteiger partial charge in [0.2, 0.25) is 0 Å². The largest absolute Gasteiger partial charge is 0.507 e. The molecular formula is C30H22O12. The molecule has 4 fully saturated rings. The predicted molar refractivity (Wildman–Crippen MR) is 137 cm³/mol. The van der Waals surface area contributed by atoms with Crippen LogP contribution < -0.4 is 0 Å². The maximum absolute atomic E-state index is 14.6. The molecule has 2 aromatic carbocycles. The summed E-state index contributed by atoms with van der Waals surface area (Å²) in [7, 11) is 0. The number of aliphatic hydroxyl groups is 6. The number of carbonyl (C=O) groups excluding carboxylic acids is 4. The van der Waals surface area contributed by atoms with Crippen molar-refractivity contribution < 1.29 is 60.0 Å². The first-order valence-electron chi connectivity index (χ1n) is 13.3. The summed E-state index contributed by atoms with van der Waals surface area (Å²) in [5, 5.41) is 87.4. The number of fused-ring (bicyclic) bond motifs is 4. The van der Waals surface area contributed by atoms with Crippen molar-refractivity contribution in [3.05, 3.63) is 68.8 Å². The van der Waals surface area contributed by atoms with E-state index >= 15 is 0 Å². The van der Waals surface area contributed by atoms with E-state index in [1.807, 2.05) is 0 Å². The van der Waals surface area contributed by atoms with Crippen LogP contribution in [0.25, 0.3) is 11.5 Å². The minimum atomic E-state index is -2.37. The van der Waals surface area contributed by atoms with Gasteiger partial charge in [-0.05, 0) is 35.4 Å². The number of carbonyl (C=O) groups is 4. The molecule has 42 heavy (non-hydrogen) atoms. The third kappa shape index (κ3) is 2.19. The van der Waals surface area contributed by atoms with Crippen molar-refractivity contribution in [1.29, 1.82) is 0 Å².